The average Bonchev–Trinajstić information content (AvgIpc) is 2.79. The first-order chi connectivity index (χ1) is 11.3. The lowest BCUT2D eigenvalue weighted by atomic mass is 9.94. The molecule has 1 aliphatic rings. The van der Waals surface area contributed by atoms with Gasteiger partial charge in [-0.2, -0.15) is 5.10 Å². The van der Waals surface area contributed by atoms with Crippen molar-refractivity contribution >= 4 is 5.91 Å². The predicted octanol–water partition coefficient (Wildman–Crippen LogP) is 3.29. The highest BCUT2D eigenvalue weighted by molar-refractivity contribution is 5.93. The summed E-state index contributed by atoms with van der Waals surface area (Å²) >= 11 is 0. The van der Waals surface area contributed by atoms with Gasteiger partial charge in [0.1, 0.15) is 0 Å². The summed E-state index contributed by atoms with van der Waals surface area (Å²) in [5.74, 6) is -0.413. The predicted molar refractivity (Wildman–Crippen MR) is 87.0 cm³/mol. The van der Waals surface area contributed by atoms with Crippen LogP contribution in [-0.2, 0) is 6.54 Å². The van der Waals surface area contributed by atoms with Gasteiger partial charge in [-0.15, -0.1) is 0 Å². The van der Waals surface area contributed by atoms with E-state index in [1.807, 2.05) is 13.8 Å². The highest BCUT2D eigenvalue weighted by Gasteiger charge is 2.30. The highest BCUT2D eigenvalue weighted by Crippen LogP contribution is 2.27. The van der Waals surface area contributed by atoms with Gasteiger partial charge >= 0.3 is 0 Å². The molecule has 0 atom stereocenters. The molecule has 0 radical (unpaired) electrons. The third kappa shape index (κ3) is 5.00. The van der Waals surface area contributed by atoms with Gasteiger partial charge in [0.2, 0.25) is 0 Å². The molecule has 24 heavy (non-hydrogen) atoms. The van der Waals surface area contributed by atoms with Crippen molar-refractivity contribution in [2.75, 3.05) is 6.54 Å². The normalized spacial score (nSPS) is 18.0. The number of alkyl halides is 2. The molecule has 0 spiro atoms. The number of hydrogen-bond donors (Lipinski definition) is 2. The third-order valence-corrected chi connectivity index (χ3v) is 4.40. The molecule has 7 heteroatoms. The van der Waals surface area contributed by atoms with Gasteiger partial charge in [-0.1, -0.05) is 39.5 Å². The van der Waals surface area contributed by atoms with Gasteiger partial charge in [0.15, 0.2) is 5.69 Å². The van der Waals surface area contributed by atoms with E-state index in [0.717, 1.165) is 25.7 Å². The molecule has 2 N–H and O–H groups in total. The second-order valence-electron chi connectivity index (χ2n) is 7.17. The van der Waals surface area contributed by atoms with E-state index in [2.05, 4.69) is 10.4 Å². The molecule has 0 aliphatic heterocycles. The van der Waals surface area contributed by atoms with Crippen LogP contribution in [0.5, 0.6) is 0 Å². The summed E-state index contributed by atoms with van der Waals surface area (Å²) in [6.07, 6.45) is 3.70. The Hall–Kier alpha value is -1.50. The topological polar surface area (TPSA) is 67.2 Å². The van der Waals surface area contributed by atoms with E-state index in [1.54, 1.807) is 0 Å². The zero-order chi connectivity index (χ0) is 17.7. The Bertz CT molecular complexity index is 550. The van der Waals surface area contributed by atoms with Crippen molar-refractivity contribution in [3.63, 3.8) is 0 Å². The van der Waals surface area contributed by atoms with E-state index in [1.165, 1.54) is 10.9 Å². The van der Waals surface area contributed by atoms with Crippen LogP contribution in [0, 0.1) is 5.92 Å². The zero-order valence-electron chi connectivity index (χ0n) is 14.4. The largest absolute Gasteiger partial charge is 0.388 e. The summed E-state index contributed by atoms with van der Waals surface area (Å²) in [6.45, 7) is 4.44. The lowest BCUT2D eigenvalue weighted by Crippen LogP contribution is -2.42. The summed E-state index contributed by atoms with van der Waals surface area (Å²) in [5.41, 5.74) is -1.55. The van der Waals surface area contributed by atoms with E-state index in [0.29, 0.717) is 19.4 Å². The number of nitrogens with one attached hydrogen (secondary N) is 1. The summed E-state index contributed by atoms with van der Waals surface area (Å²) in [4.78, 5) is 12.3. The smallest absolute Gasteiger partial charge is 0.272 e. The third-order valence-electron chi connectivity index (χ3n) is 4.40. The van der Waals surface area contributed by atoms with Crippen LogP contribution in [-0.4, -0.2) is 32.9 Å². The number of nitrogens with zero attached hydrogens (tertiary/aromatic N) is 2. The van der Waals surface area contributed by atoms with Gasteiger partial charge in [-0.25, -0.2) is 8.78 Å². The van der Waals surface area contributed by atoms with E-state index in [4.69, 9.17) is 0 Å². The molecule has 136 valence electrons. The number of aromatic nitrogens is 2. The first kappa shape index (κ1) is 18.8. The highest BCUT2D eigenvalue weighted by atomic mass is 19.3. The minimum absolute atomic E-state index is 0.0750. The molecule has 1 fully saturated rings. The van der Waals surface area contributed by atoms with Gasteiger partial charge in [0.05, 0.1) is 11.2 Å². The van der Waals surface area contributed by atoms with Crippen molar-refractivity contribution in [1.82, 2.24) is 15.1 Å². The van der Waals surface area contributed by atoms with Crippen LogP contribution in [0.25, 0.3) is 0 Å². The molecule has 1 aromatic heterocycles. The molecule has 0 aromatic carbocycles. The van der Waals surface area contributed by atoms with Gasteiger partial charge in [0.25, 0.3) is 12.3 Å². The van der Waals surface area contributed by atoms with Crippen LogP contribution in [0.3, 0.4) is 0 Å². The molecular formula is C17H27F2N3O2. The molecule has 1 saturated carbocycles. The molecular weight excluding hydrogens is 316 g/mol. The fraction of sp³-hybridized carbons (Fsp3) is 0.765. The van der Waals surface area contributed by atoms with Gasteiger partial charge in [-0.3, -0.25) is 9.48 Å². The minimum Gasteiger partial charge on any atom is -0.388 e. The average molecular weight is 343 g/mol. The van der Waals surface area contributed by atoms with Crippen molar-refractivity contribution in [2.24, 2.45) is 5.92 Å². The number of carbonyl (C=O) groups is 1. The molecule has 0 unspecified atom stereocenters. The SMILES string of the molecule is CC(C)Cn1cc(C(F)F)c(C(=O)NCC2(O)CCCCCC2)n1. The van der Waals surface area contributed by atoms with E-state index in [9.17, 15) is 18.7 Å². The molecule has 0 bridgehead atoms. The number of carbonyl (C=O) groups excluding carboxylic acids is 1. The number of hydrogen-bond acceptors (Lipinski definition) is 3. The summed E-state index contributed by atoms with van der Waals surface area (Å²) in [7, 11) is 0. The van der Waals surface area contributed by atoms with Crippen molar-refractivity contribution < 1.29 is 18.7 Å². The Kier molecular flexibility index (Phi) is 6.32. The van der Waals surface area contributed by atoms with Crippen LogP contribution in [0.15, 0.2) is 6.20 Å². The Morgan fingerprint density at radius 2 is 1.96 bits per heavy atom. The quantitative estimate of drug-likeness (QED) is 0.779. The molecule has 1 heterocycles. The lowest BCUT2D eigenvalue weighted by molar-refractivity contribution is 0.0245. The maximum absolute atomic E-state index is 13.2. The van der Waals surface area contributed by atoms with Gasteiger partial charge < -0.3 is 10.4 Å². The maximum Gasteiger partial charge on any atom is 0.272 e. The Morgan fingerprint density at radius 1 is 1.33 bits per heavy atom. The van der Waals surface area contributed by atoms with Crippen molar-refractivity contribution in [2.45, 2.75) is 70.9 Å². The van der Waals surface area contributed by atoms with Gasteiger partial charge in [-0.05, 0) is 18.8 Å². The fourth-order valence-corrected chi connectivity index (χ4v) is 3.13. The van der Waals surface area contributed by atoms with Crippen LogP contribution in [0.2, 0.25) is 0 Å². The maximum atomic E-state index is 13.2. The Balaban J connectivity index is 2.06. The summed E-state index contributed by atoms with van der Waals surface area (Å²) < 4.78 is 27.8. The van der Waals surface area contributed by atoms with Crippen LogP contribution < -0.4 is 5.32 Å². The molecule has 2 rings (SSSR count). The van der Waals surface area contributed by atoms with Crippen LogP contribution >= 0.6 is 0 Å². The van der Waals surface area contributed by atoms with Crippen LogP contribution in [0.1, 0.15) is 74.8 Å². The Labute approximate surface area is 141 Å². The summed E-state index contributed by atoms with van der Waals surface area (Å²) in [6, 6.07) is 0. The standard InChI is InChI=1S/C17H27F2N3O2/c1-12(2)9-22-10-13(15(18)19)14(21-22)16(23)20-11-17(24)7-5-3-4-6-8-17/h10,12,15,24H,3-9,11H2,1-2H3,(H,20,23). The van der Waals surface area contributed by atoms with Gasteiger partial charge in [0, 0.05) is 19.3 Å². The summed E-state index contributed by atoms with van der Waals surface area (Å²) in [5, 5.41) is 17.2. The minimum atomic E-state index is -2.76. The molecule has 1 amide bonds. The van der Waals surface area contributed by atoms with Crippen molar-refractivity contribution in [1.29, 1.82) is 0 Å². The van der Waals surface area contributed by atoms with E-state index < -0.39 is 17.9 Å². The molecule has 0 saturated heterocycles. The molecule has 1 aliphatic carbocycles. The lowest BCUT2D eigenvalue weighted by Gasteiger charge is -2.26. The van der Waals surface area contributed by atoms with E-state index >= 15 is 0 Å². The number of aliphatic hydroxyl groups is 1. The molecule has 1 aromatic rings. The number of rotatable bonds is 6. The number of halogens is 2. The zero-order valence-corrected chi connectivity index (χ0v) is 14.4. The second kappa shape index (κ2) is 8.05. The second-order valence-corrected chi connectivity index (χ2v) is 7.17. The molecule has 5 nitrogen and oxygen atoms in total. The first-order valence-corrected chi connectivity index (χ1v) is 8.67. The van der Waals surface area contributed by atoms with Crippen molar-refractivity contribution in [3.8, 4) is 0 Å². The monoisotopic (exact) mass is 343 g/mol. The first-order valence-electron chi connectivity index (χ1n) is 8.67. The number of amides is 1. The fourth-order valence-electron chi connectivity index (χ4n) is 3.13. The van der Waals surface area contributed by atoms with Crippen molar-refractivity contribution in [3.05, 3.63) is 17.5 Å². The Morgan fingerprint density at radius 3 is 2.50 bits per heavy atom. The van der Waals surface area contributed by atoms with Crippen LogP contribution in [0.4, 0.5) is 8.78 Å². The van der Waals surface area contributed by atoms with E-state index in [-0.39, 0.29) is 23.7 Å².